The zero-order valence-corrected chi connectivity index (χ0v) is 21.6. The van der Waals surface area contributed by atoms with Crippen molar-refractivity contribution in [1.29, 1.82) is 0 Å². The van der Waals surface area contributed by atoms with Crippen LogP contribution in [-0.4, -0.2) is 39.2 Å². The standard InChI is InChI=1S/C27H26ClN5O2S/c1-3-16-35-24-14-6-20(7-15-24)17-29-30-25(34)18-36-27-32-31-26(21-8-4-19(2)5-9-21)33(27)23-12-10-22(28)11-13-23/h4-15,17H,3,16,18H2,1-2H3,(H,30,34)/b29-17+. The number of nitrogens with zero attached hydrogens (tertiary/aromatic N) is 4. The molecule has 0 saturated heterocycles. The van der Waals surface area contributed by atoms with Crippen LogP contribution in [0, 0.1) is 6.92 Å². The van der Waals surface area contributed by atoms with E-state index in [-0.39, 0.29) is 11.7 Å². The van der Waals surface area contributed by atoms with Crippen LogP contribution >= 0.6 is 23.4 Å². The topological polar surface area (TPSA) is 81.4 Å². The van der Waals surface area contributed by atoms with Gasteiger partial charge in [-0.3, -0.25) is 9.36 Å². The summed E-state index contributed by atoms with van der Waals surface area (Å²) in [5.74, 6) is 1.37. The first-order chi connectivity index (χ1) is 17.5. The minimum Gasteiger partial charge on any atom is -0.494 e. The maximum absolute atomic E-state index is 12.4. The number of benzene rings is 3. The number of amides is 1. The van der Waals surface area contributed by atoms with E-state index in [4.69, 9.17) is 16.3 Å². The fourth-order valence-electron chi connectivity index (χ4n) is 3.29. The summed E-state index contributed by atoms with van der Waals surface area (Å²) < 4.78 is 7.49. The number of thioether (sulfide) groups is 1. The molecule has 0 atom stereocenters. The van der Waals surface area contributed by atoms with Crippen LogP contribution in [-0.2, 0) is 4.79 Å². The number of nitrogens with one attached hydrogen (secondary N) is 1. The van der Waals surface area contributed by atoms with Crippen molar-refractivity contribution in [3.8, 4) is 22.8 Å². The van der Waals surface area contributed by atoms with Gasteiger partial charge in [0.15, 0.2) is 11.0 Å². The third kappa shape index (κ3) is 6.74. The normalized spacial score (nSPS) is 11.1. The summed E-state index contributed by atoms with van der Waals surface area (Å²) in [6, 6.07) is 23.0. The third-order valence-corrected chi connectivity index (χ3v) is 6.30. The summed E-state index contributed by atoms with van der Waals surface area (Å²) in [4.78, 5) is 12.4. The van der Waals surface area contributed by atoms with Crippen molar-refractivity contribution in [2.45, 2.75) is 25.4 Å². The van der Waals surface area contributed by atoms with Crippen LogP contribution in [0.15, 0.2) is 83.1 Å². The summed E-state index contributed by atoms with van der Waals surface area (Å²) in [5, 5.41) is 14.1. The van der Waals surface area contributed by atoms with Gasteiger partial charge in [0, 0.05) is 16.3 Å². The zero-order chi connectivity index (χ0) is 25.3. The minimum absolute atomic E-state index is 0.126. The van der Waals surface area contributed by atoms with E-state index in [0.29, 0.717) is 22.6 Å². The molecular formula is C27H26ClN5O2S. The van der Waals surface area contributed by atoms with Gasteiger partial charge >= 0.3 is 0 Å². The molecule has 0 aliphatic heterocycles. The molecule has 1 amide bonds. The first kappa shape index (κ1) is 25.5. The molecule has 0 aliphatic carbocycles. The average molecular weight is 520 g/mol. The van der Waals surface area contributed by atoms with Crippen LogP contribution in [0.25, 0.3) is 17.1 Å². The molecule has 0 spiro atoms. The number of halogens is 1. The molecule has 0 fully saturated rings. The van der Waals surface area contributed by atoms with Crippen molar-refractivity contribution in [2.24, 2.45) is 5.10 Å². The summed E-state index contributed by atoms with van der Waals surface area (Å²) in [6.45, 7) is 4.78. The lowest BCUT2D eigenvalue weighted by atomic mass is 10.1. The number of ether oxygens (including phenoxy) is 1. The lowest BCUT2D eigenvalue weighted by Crippen LogP contribution is -2.20. The fourth-order valence-corrected chi connectivity index (χ4v) is 4.16. The molecule has 0 aliphatic rings. The highest BCUT2D eigenvalue weighted by Crippen LogP contribution is 2.28. The number of aromatic nitrogens is 3. The monoisotopic (exact) mass is 519 g/mol. The van der Waals surface area contributed by atoms with E-state index in [1.807, 2.05) is 84.3 Å². The number of carbonyl (C=O) groups is 1. The average Bonchev–Trinajstić information content (AvgIpc) is 3.32. The molecule has 1 aromatic heterocycles. The van der Waals surface area contributed by atoms with Crippen molar-refractivity contribution in [3.05, 3.63) is 88.9 Å². The Hall–Kier alpha value is -3.62. The molecule has 0 saturated carbocycles. The third-order valence-electron chi connectivity index (χ3n) is 5.12. The predicted octanol–water partition coefficient (Wildman–Crippen LogP) is 5.93. The van der Waals surface area contributed by atoms with Crippen LogP contribution in [0.1, 0.15) is 24.5 Å². The van der Waals surface area contributed by atoms with Crippen LogP contribution in [0.5, 0.6) is 5.75 Å². The van der Waals surface area contributed by atoms with E-state index in [0.717, 1.165) is 34.5 Å². The van der Waals surface area contributed by atoms with E-state index in [1.54, 1.807) is 6.21 Å². The molecule has 0 bridgehead atoms. The fraction of sp³-hybridized carbons (Fsp3) is 0.185. The van der Waals surface area contributed by atoms with Crippen molar-refractivity contribution < 1.29 is 9.53 Å². The molecular weight excluding hydrogens is 494 g/mol. The molecule has 0 unspecified atom stereocenters. The summed E-state index contributed by atoms with van der Waals surface area (Å²) in [7, 11) is 0. The van der Waals surface area contributed by atoms with Crippen molar-refractivity contribution in [1.82, 2.24) is 20.2 Å². The van der Waals surface area contributed by atoms with Crippen LogP contribution in [0.4, 0.5) is 0 Å². The van der Waals surface area contributed by atoms with Crippen molar-refractivity contribution >= 4 is 35.5 Å². The first-order valence-corrected chi connectivity index (χ1v) is 12.9. The Morgan fingerprint density at radius 2 is 1.78 bits per heavy atom. The molecule has 1 heterocycles. The molecule has 7 nitrogen and oxygen atoms in total. The maximum atomic E-state index is 12.4. The molecule has 4 rings (SSSR count). The Kier molecular flexibility index (Phi) is 8.76. The van der Waals surface area contributed by atoms with Crippen LogP contribution in [0.3, 0.4) is 0 Å². The lowest BCUT2D eigenvalue weighted by molar-refractivity contribution is -0.118. The number of carbonyl (C=O) groups excluding carboxylic acids is 1. The quantitative estimate of drug-likeness (QED) is 0.159. The highest BCUT2D eigenvalue weighted by molar-refractivity contribution is 7.99. The van der Waals surface area contributed by atoms with E-state index in [9.17, 15) is 4.79 Å². The van der Waals surface area contributed by atoms with Gasteiger partial charge in [-0.05, 0) is 67.4 Å². The predicted molar refractivity (Wildman–Crippen MR) is 145 cm³/mol. The Morgan fingerprint density at radius 3 is 2.47 bits per heavy atom. The van der Waals surface area contributed by atoms with E-state index >= 15 is 0 Å². The smallest absolute Gasteiger partial charge is 0.250 e. The Labute approximate surface area is 219 Å². The summed E-state index contributed by atoms with van der Waals surface area (Å²) in [5.41, 5.74) is 6.36. The number of hydrogen-bond acceptors (Lipinski definition) is 6. The van der Waals surface area contributed by atoms with Gasteiger partial charge in [-0.15, -0.1) is 10.2 Å². The second kappa shape index (κ2) is 12.4. The van der Waals surface area contributed by atoms with Crippen molar-refractivity contribution in [2.75, 3.05) is 12.4 Å². The highest BCUT2D eigenvalue weighted by atomic mass is 35.5. The number of hydrazone groups is 1. The second-order valence-corrected chi connectivity index (χ2v) is 9.36. The van der Waals surface area contributed by atoms with Gasteiger partial charge in [-0.1, -0.05) is 60.1 Å². The minimum atomic E-state index is -0.248. The largest absolute Gasteiger partial charge is 0.494 e. The number of hydrogen-bond donors (Lipinski definition) is 1. The molecule has 9 heteroatoms. The van der Waals surface area contributed by atoms with E-state index in [2.05, 4.69) is 27.6 Å². The van der Waals surface area contributed by atoms with Gasteiger partial charge in [0.25, 0.3) is 5.91 Å². The Bertz CT molecular complexity index is 1320. The van der Waals surface area contributed by atoms with Gasteiger partial charge in [0.1, 0.15) is 5.75 Å². The number of aryl methyl sites for hydroxylation is 1. The van der Waals surface area contributed by atoms with Crippen LogP contribution in [0.2, 0.25) is 5.02 Å². The molecule has 0 radical (unpaired) electrons. The highest BCUT2D eigenvalue weighted by Gasteiger charge is 2.17. The molecule has 1 N–H and O–H groups in total. The van der Waals surface area contributed by atoms with Crippen molar-refractivity contribution in [3.63, 3.8) is 0 Å². The van der Waals surface area contributed by atoms with Gasteiger partial charge in [0.2, 0.25) is 0 Å². The summed E-state index contributed by atoms with van der Waals surface area (Å²) >= 11 is 7.37. The van der Waals surface area contributed by atoms with E-state index in [1.165, 1.54) is 11.8 Å². The maximum Gasteiger partial charge on any atom is 0.250 e. The zero-order valence-electron chi connectivity index (χ0n) is 20.0. The molecule has 4 aromatic rings. The second-order valence-electron chi connectivity index (χ2n) is 7.98. The number of rotatable bonds is 10. The molecule has 184 valence electrons. The van der Waals surface area contributed by atoms with Gasteiger partial charge in [-0.2, -0.15) is 5.10 Å². The Morgan fingerprint density at radius 1 is 1.06 bits per heavy atom. The lowest BCUT2D eigenvalue weighted by Gasteiger charge is -2.10. The first-order valence-electron chi connectivity index (χ1n) is 11.5. The van der Waals surface area contributed by atoms with Gasteiger partial charge < -0.3 is 4.74 Å². The van der Waals surface area contributed by atoms with Gasteiger partial charge in [0.05, 0.1) is 18.6 Å². The van der Waals surface area contributed by atoms with Gasteiger partial charge in [-0.25, -0.2) is 5.43 Å². The molecule has 36 heavy (non-hydrogen) atoms. The van der Waals surface area contributed by atoms with E-state index < -0.39 is 0 Å². The van der Waals surface area contributed by atoms with Crippen LogP contribution < -0.4 is 10.2 Å². The Balaban J connectivity index is 1.43. The SMILES string of the molecule is CCCOc1ccc(/C=N/NC(=O)CSc2nnc(-c3ccc(C)cc3)n2-c2ccc(Cl)cc2)cc1. The molecule has 3 aromatic carbocycles. The summed E-state index contributed by atoms with van der Waals surface area (Å²) in [6.07, 6.45) is 2.55.